The van der Waals surface area contributed by atoms with Gasteiger partial charge < -0.3 is 19.0 Å². The summed E-state index contributed by atoms with van der Waals surface area (Å²) in [6, 6.07) is 0.876. The lowest BCUT2D eigenvalue weighted by Gasteiger charge is -2.28. The Morgan fingerprint density at radius 2 is 1.52 bits per heavy atom. The van der Waals surface area contributed by atoms with Gasteiger partial charge in [0.25, 0.3) is 0 Å². The Bertz CT molecular complexity index is 420. The number of anilines is 1. The lowest BCUT2D eigenvalue weighted by Crippen LogP contribution is -2.45. The topological polar surface area (TPSA) is 92.4 Å². The SMILES string of the molecule is CCO[Si](CCCCCCc1ncnc(N)n1)(OCC)OCC. The maximum atomic E-state index is 5.85. The average molecular weight is 343 g/mol. The summed E-state index contributed by atoms with van der Waals surface area (Å²) >= 11 is 0. The molecular weight excluding hydrogens is 312 g/mol. The molecule has 0 amide bonds. The van der Waals surface area contributed by atoms with E-state index in [0.717, 1.165) is 44.0 Å². The third kappa shape index (κ3) is 7.82. The zero-order valence-electron chi connectivity index (χ0n) is 14.6. The molecule has 7 nitrogen and oxygen atoms in total. The predicted molar refractivity (Wildman–Crippen MR) is 91.9 cm³/mol. The molecule has 1 aromatic rings. The van der Waals surface area contributed by atoms with Crippen LogP contribution < -0.4 is 5.73 Å². The van der Waals surface area contributed by atoms with Crippen LogP contribution in [0.2, 0.25) is 6.04 Å². The highest BCUT2D eigenvalue weighted by Crippen LogP contribution is 2.20. The van der Waals surface area contributed by atoms with E-state index in [1.54, 1.807) is 0 Å². The van der Waals surface area contributed by atoms with Gasteiger partial charge >= 0.3 is 8.80 Å². The van der Waals surface area contributed by atoms with Gasteiger partial charge in [-0.25, -0.2) is 9.97 Å². The largest absolute Gasteiger partial charge is 0.500 e. The van der Waals surface area contributed by atoms with Gasteiger partial charge in [0.05, 0.1) is 0 Å². The van der Waals surface area contributed by atoms with E-state index in [4.69, 9.17) is 19.0 Å². The van der Waals surface area contributed by atoms with Crippen molar-refractivity contribution in [1.29, 1.82) is 0 Å². The number of aryl methyl sites for hydroxylation is 1. The van der Waals surface area contributed by atoms with Crippen molar-refractivity contribution in [2.45, 2.75) is 58.9 Å². The smallest absolute Gasteiger partial charge is 0.374 e. The van der Waals surface area contributed by atoms with Crippen molar-refractivity contribution in [1.82, 2.24) is 15.0 Å². The second-order valence-corrected chi connectivity index (χ2v) is 7.89. The fourth-order valence-corrected chi connectivity index (χ4v) is 5.13. The molecule has 0 aliphatic carbocycles. The molecule has 0 saturated heterocycles. The number of aromatic nitrogens is 3. The highest BCUT2D eigenvalue weighted by Gasteiger charge is 2.39. The van der Waals surface area contributed by atoms with Crippen LogP contribution in [0.1, 0.15) is 52.3 Å². The minimum absolute atomic E-state index is 0.288. The Balaban J connectivity index is 2.27. The van der Waals surface area contributed by atoms with Crippen LogP contribution in [-0.4, -0.2) is 43.6 Å². The van der Waals surface area contributed by atoms with Gasteiger partial charge in [-0.15, -0.1) is 0 Å². The van der Waals surface area contributed by atoms with Gasteiger partial charge in [0.2, 0.25) is 5.95 Å². The van der Waals surface area contributed by atoms with E-state index in [2.05, 4.69) is 15.0 Å². The van der Waals surface area contributed by atoms with E-state index in [-0.39, 0.29) is 5.95 Å². The van der Waals surface area contributed by atoms with E-state index in [1.165, 1.54) is 6.33 Å². The Morgan fingerprint density at radius 3 is 2.09 bits per heavy atom. The molecule has 0 aliphatic rings. The molecule has 0 radical (unpaired) electrons. The third-order valence-electron chi connectivity index (χ3n) is 3.37. The molecule has 2 N–H and O–H groups in total. The van der Waals surface area contributed by atoms with E-state index in [0.29, 0.717) is 19.8 Å². The molecule has 0 unspecified atom stereocenters. The summed E-state index contributed by atoms with van der Waals surface area (Å²) in [6.45, 7) is 7.85. The molecule has 0 aromatic carbocycles. The minimum Gasteiger partial charge on any atom is -0.374 e. The first kappa shape index (κ1) is 20.0. The van der Waals surface area contributed by atoms with Crippen LogP contribution in [0, 0.1) is 0 Å². The van der Waals surface area contributed by atoms with Gasteiger partial charge in [-0.1, -0.05) is 12.8 Å². The van der Waals surface area contributed by atoms with Gasteiger partial charge in [-0.05, 0) is 33.6 Å². The van der Waals surface area contributed by atoms with Crippen LogP contribution in [-0.2, 0) is 19.7 Å². The second-order valence-electron chi connectivity index (χ2n) is 5.16. The standard InChI is InChI=1S/C15H30N4O3Si/c1-4-20-23(21-5-2,22-6-3)12-10-8-7-9-11-14-17-13-18-15(16)19-14/h13H,4-12H2,1-3H3,(H2,16,17,18,19). The summed E-state index contributed by atoms with van der Waals surface area (Å²) in [5, 5.41) is 0. The number of hydrogen-bond donors (Lipinski definition) is 1. The minimum atomic E-state index is -2.48. The third-order valence-corrected chi connectivity index (χ3v) is 6.52. The quantitative estimate of drug-likeness (QED) is 0.435. The first-order valence-corrected chi connectivity index (χ1v) is 10.4. The summed E-state index contributed by atoms with van der Waals surface area (Å²) in [4.78, 5) is 12.0. The Hall–Kier alpha value is -1.09. The van der Waals surface area contributed by atoms with Crippen molar-refractivity contribution in [2.75, 3.05) is 25.6 Å². The monoisotopic (exact) mass is 342 g/mol. The van der Waals surface area contributed by atoms with Gasteiger partial charge in [-0.3, -0.25) is 0 Å². The zero-order valence-corrected chi connectivity index (χ0v) is 15.6. The molecule has 132 valence electrons. The van der Waals surface area contributed by atoms with Crippen LogP contribution >= 0.6 is 0 Å². The van der Waals surface area contributed by atoms with Gasteiger partial charge in [-0.2, -0.15) is 4.98 Å². The van der Waals surface area contributed by atoms with Gasteiger partial charge in [0, 0.05) is 32.3 Å². The number of nitrogens with zero attached hydrogens (tertiary/aromatic N) is 3. The Labute approximate surface area is 140 Å². The summed E-state index contributed by atoms with van der Waals surface area (Å²) in [5.74, 6) is 1.05. The summed E-state index contributed by atoms with van der Waals surface area (Å²) < 4.78 is 17.6. The fraction of sp³-hybridized carbons (Fsp3) is 0.800. The lowest BCUT2D eigenvalue weighted by atomic mass is 10.1. The number of hydrogen-bond acceptors (Lipinski definition) is 7. The fourth-order valence-electron chi connectivity index (χ4n) is 2.44. The summed E-state index contributed by atoms with van der Waals surface area (Å²) in [6.07, 6.45) is 6.60. The van der Waals surface area contributed by atoms with Crippen LogP contribution in [0.25, 0.3) is 0 Å². The average Bonchev–Trinajstić information content (AvgIpc) is 2.52. The molecule has 0 atom stereocenters. The first-order chi connectivity index (χ1) is 11.2. The summed E-state index contributed by atoms with van der Waals surface area (Å²) in [7, 11) is -2.48. The maximum Gasteiger partial charge on any atom is 0.500 e. The van der Waals surface area contributed by atoms with Crippen LogP contribution in [0.4, 0.5) is 5.95 Å². The predicted octanol–water partition coefficient (Wildman–Crippen LogP) is 2.61. The number of nitrogens with two attached hydrogens (primary N) is 1. The van der Waals surface area contributed by atoms with Crippen molar-refractivity contribution in [3.63, 3.8) is 0 Å². The number of rotatable bonds is 13. The molecule has 0 spiro atoms. The second kappa shape index (κ2) is 11.4. The molecule has 23 heavy (non-hydrogen) atoms. The molecule has 8 heteroatoms. The van der Waals surface area contributed by atoms with E-state index < -0.39 is 8.80 Å². The van der Waals surface area contributed by atoms with Gasteiger partial charge in [0.1, 0.15) is 12.2 Å². The number of nitrogen functional groups attached to an aromatic ring is 1. The van der Waals surface area contributed by atoms with E-state index in [1.807, 2.05) is 20.8 Å². The molecule has 0 aliphatic heterocycles. The molecule has 1 aromatic heterocycles. The first-order valence-electron chi connectivity index (χ1n) is 8.51. The number of unbranched alkanes of at least 4 members (excludes halogenated alkanes) is 3. The molecular formula is C15H30N4O3Si. The van der Waals surface area contributed by atoms with Crippen molar-refractivity contribution in [2.24, 2.45) is 0 Å². The van der Waals surface area contributed by atoms with Crippen molar-refractivity contribution in [3.8, 4) is 0 Å². The van der Waals surface area contributed by atoms with E-state index >= 15 is 0 Å². The normalized spacial score (nSPS) is 11.8. The lowest BCUT2D eigenvalue weighted by molar-refractivity contribution is 0.0706. The van der Waals surface area contributed by atoms with Crippen LogP contribution in [0.5, 0.6) is 0 Å². The van der Waals surface area contributed by atoms with Gasteiger partial charge in [0.15, 0.2) is 0 Å². The molecule has 1 heterocycles. The highest BCUT2D eigenvalue weighted by molar-refractivity contribution is 6.60. The molecule has 0 saturated carbocycles. The van der Waals surface area contributed by atoms with Crippen LogP contribution in [0.3, 0.4) is 0 Å². The Morgan fingerprint density at radius 1 is 0.913 bits per heavy atom. The zero-order chi connectivity index (χ0) is 17.0. The van der Waals surface area contributed by atoms with Crippen molar-refractivity contribution < 1.29 is 13.3 Å². The Kier molecular flexibility index (Phi) is 9.93. The van der Waals surface area contributed by atoms with E-state index in [9.17, 15) is 0 Å². The highest BCUT2D eigenvalue weighted by atomic mass is 28.4. The maximum absolute atomic E-state index is 5.85. The molecule has 0 bridgehead atoms. The van der Waals surface area contributed by atoms with Crippen molar-refractivity contribution >= 4 is 14.8 Å². The molecule has 1 rings (SSSR count). The van der Waals surface area contributed by atoms with Crippen LogP contribution in [0.15, 0.2) is 6.33 Å². The molecule has 0 fully saturated rings. The summed E-state index contributed by atoms with van der Waals surface area (Å²) in [5.41, 5.74) is 5.54. The van der Waals surface area contributed by atoms with Crippen molar-refractivity contribution in [3.05, 3.63) is 12.2 Å².